The molecule has 5 heteroatoms. The van der Waals surface area contributed by atoms with Gasteiger partial charge in [0.15, 0.2) is 0 Å². The third kappa shape index (κ3) is 4.67. The van der Waals surface area contributed by atoms with Crippen LogP contribution < -0.4 is 15.8 Å². The molecule has 0 radical (unpaired) electrons. The molecule has 4 aliphatic rings. The molecule has 3 N–H and O–H groups in total. The van der Waals surface area contributed by atoms with Crippen molar-refractivity contribution in [1.82, 2.24) is 5.32 Å². The molecular formula is C26H37FN2O2. The van der Waals surface area contributed by atoms with Crippen molar-refractivity contribution in [3.8, 4) is 5.75 Å². The van der Waals surface area contributed by atoms with E-state index >= 15 is 0 Å². The van der Waals surface area contributed by atoms with Crippen molar-refractivity contribution < 1.29 is 13.9 Å². The van der Waals surface area contributed by atoms with E-state index in [1.807, 2.05) is 12.1 Å². The third-order valence-corrected chi connectivity index (χ3v) is 8.31. The van der Waals surface area contributed by atoms with Gasteiger partial charge in [0.05, 0.1) is 6.33 Å². The van der Waals surface area contributed by atoms with E-state index in [1.165, 1.54) is 18.4 Å². The molecule has 0 saturated heterocycles. The van der Waals surface area contributed by atoms with Crippen LogP contribution in [-0.2, 0) is 10.2 Å². The zero-order valence-corrected chi connectivity index (χ0v) is 18.8. The highest BCUT2D eigenvalue weighted by Crippen LogP contribution is 2.58. The number of ether oxygens (including phenoxy) is 1. The largest absolute Gasteiger partial charge is 0.489 e. The van der Waals surface area contributed by atoms with Crippen LogP contribution in [0.2, 0.25) is 0 Å². The molecule has 4 aliphatic carbocycles. The molecule has 4 saturated carbocycles. The van der Waals surface area contributed by atoms with E-state index in [1.54, 1.807) is 0 Å². The SMILES string of the molecule is C[C@@H]1CCC[C@@H](NC(=O)C23CCC(c4ccc(OC/C(=C/F)CN)cc4)(CC2)CC3)C1. The Kier molecular flexibility index (Phi) is 6.71. The molecule has 0 heterocycles. The topological polar surface area (TPSA) is 64.3 Å². The number of fused-ring (bicyclic) bond motifs is 3. The Balaban J connectivity index is 1.35. The number of hydrogen-bond acceptors (Lipinski definition) is 3. The Morgan fingerprint density at radius 1 is 1.16 bits per heavy atom. The minimum Gasteiger partial charge on any atom is -0.489 e. The monoisotopic (exact) mass is 428 g/mol. The lowest BCUT2D eigenvalue weighted by atomic mass is 9.51. The highest BCUT2D eigenvalue weighted by molar-refractivity contribution is 5.83. The number of rotatable bonds is 7. The number of halogens is 1. The van der Waals surface area contributed by atoms with Crippen LogP contribution in [0.1, 0.15) is 76.7 Å². The highest BCUT2D eigenvalue weighted by atomic mass is 19.1. The van der Waals surface area contributed by atoms with E-state index in [0.29, 0.717) is 23.9 Å². The normalized spacial score (nSPS) is 33.2. The molecule has 0 unspecified atom stereocenters. The predicted molar refractivity (Wildman–Crippen MR) is 122 cm³/mol. The molecule has 1 amide bonds. The van der Waals surface area contributed by atoms with Crippen molar-refractivity contribution in [3.63, 3.8) is 0 Å². The lowest BCUT2D eigenvalue weighted by molar-refractivity contribution is -0.139. The Morgan fingerprint density at radius 3 is 2.42 bits per heavy atom. The second kappa shape index (κ2) is 9.32. The van der Waals surface area contributed by atoms with Gasteiger partial charge in [-0.05, 0) is 80.4 Å². The molecule has 1 aromatic carbocycles. The van der Waals surface area contributed by atoms with Crippen LogP contribution >= 0.6 is 0 Å². The lowest BCUT2D eigenvalue weighted by Crippen LogP contribution is -2.53. The van der Waals surface area contributed by atoms with Gasteiger partial charge < -0.3 is 15.8 Å². The summed E-state index contributed by atoms with van der Waals surface area (Å²) in [5.41, 5.74) is 7.30. The van der Waals surface area contributed by atoms with Gasteiger partial charge >= 0.3 is 0 Å². The molecule has 170 valence electrons. The van der Waals surface area contributed by atoms with Crippen LogP contribution in [0.15, 0.2) is 36.2 Å². The number of carbonyl (C=O) groups excluding carboxylic acids is 1. The number of hydrogen-bond donors (Lipinski definition) is 2. The van der Waals surface area contributed by atoms with Gasteiger partial charge in [0, 0.05) is 23.6 Å². The fourth-order valence-electron chi connectivity index (χ4n) is 6.08. The summed E-state index contributed by atoms with van der Waals surface area (Å²) in [5, 5.41) is 3.43. The maximum atomic E-state index is 13.2. The summed E-state index contributed by atoms with van der Waals surface area (Å²) in [6.07, 6.45) is 11.5. The summed E-state index contributed by atoms with van der Waals surface area (Å²) in [6.45, 7) is 2.64. The van der Waals surface area contributed by atoms with Gasteiger partial charge in [0.2, 0.25) is 5.91 Å². The summed E-state index contributed by atoms with van der Waals surface area (Å²) in [6, 6.07) is 8.63. The summed E-state index contributed by atoms with van der Waals surface area (Å²) < 4.78 is 18.3. The summed E-state index contributed by atoms with van der Waals surface area (Å²) in [4.78, 5) is 13.2. The highest BCUT2D eigenvalue weighted by Gasteiger charge is 2.53. The first kappa shape index (κ1) is 22.3. The Labute approximate surface area is 185 Å². The average Bonchev–Trinajstić information content (AvgIpc) is 2.81. The fourth-order valence-corrected chi connectivity index (χ4v) is 6.08. The van der Waals surface area contributed by atoms with Crippen LogP contribution in [0.3, 0.4) is 0 Å². The number of amides is 1. The molecule has 2 bridgehead atoms. The van der Waals surface area contributed by atoms with Crippen molar-refractivity contribution in [2.45, 2.75) is 82.6 Å². The Morgan fingerprint density at radius 2 is 1.84 bits per heavy atom. The zero-order valence-electron chi connectivity index (χ0n) is 18.8. The fraction of sp³-hybridized carbons (Fsp3) is 0.654. The standard InChI is InChI=1S/C26H37FN2O2/c1-19-3-2-4-22(15-19)29-24(30)26-12-9-25(10-13-26,11-14-26)21-5-7-23(8-6-21)31-18-20(16-27)17-28/h5-8,16,19,22H,2-4,9-15,17-18,28H2,1H3,(H,29,30)/b20-16+/t19-,22-,25?,26?/m1/s1. The number of benzene rings is 1. The molecule has 0 spiro atoms. The minimum absolute atomic E-state index is 0.150. The van der Waals surface area contributed by atoms with E-state index in [2.05, 4.69) is 24.4 Å². The Hall–Kier alpha value is -1.88. The first-order valence-corrected chi connectivity index (χ1v) is 12.0. The van der Waals surface area contributed by atoms with Gasteiger partial charge in [-0.15, -0.1) is 0 Å². The molecule has 4 nitrogen and oxygen atoms in total. The summed E-state index contributed by atoms with van der Waals surface area (Å²) in [7, 11) is 0. The quantitative estimate of drug-likeness (QED) is 0.630. The van der Waals surface area contributed by atoms with Crippen LogP contribution in [0.4, 0.5) is 4.39 Å². The predicted octanol–water partition coefficient (Wildman–Crippen LogP) is 5.16. The van der Waals surface area contributed by atoms with Gasteiger partial charge in [-0.1, -0.05) is 31.9 Å². The molecule has 31 heavy (non-hydrogen) atoms. The van der Waals surface area contributed by atoms with Gasteiger partial charge in [-0.3, -0.25) is 4.79 Å². The van der Waals surface area contributed by atoms with Gasteiger partial charge in [0.1, 0.15) is 12.4 Å². The van der Waals surface area contributed by atoms with Gasteiger partial charge in [-0.2, -0.15) is 0 Å². The maximum Gasteiger partial charge on any atom is 0.226 e. The van der Waals surface area contributed by atoms with Crippen LogP contribution in [-0.4, -0.2) is 25.1 Å². The molecule has 0 aromatic heterocycles. The van der Waals surface area contributed by atoms with E-state index < -0.39 is 0 Å². The lowest BCUT2D eigenvalue weighted by Gasteiger charge is -2.53. The molecule has 0 aliphatic heterocycles. The second-order valence-electron chi connectivity index (χ2n) is 10.3. The van der Waals surface area contributed by atoms with Gasteiger partial charge in [-0.25, -0.2) is 4.39 Å². The third-order valence-electron chi connectivity index (χ3n) is 8.31. The Bertz CT molecular complexity index is 780. The molecule has 1 aromatic rings. The molecular weight excluding hydrogens is 391 g/mol. The maximum absolute atomic E-state index is 13.2. The first-order chi connectivity index (χ1) is 15.0. The van der Waals surface area contributed by atoms with Crippen LogP contribution in [0.25, 0.3) is 0 Å². The first-order valence-electron chi connectivity index (χ1n) is 12.0. The van der Waals surface area contributed by atoms with Gasteiger partial charge in [0.25, 0.3) is 0 Å². The minimum atomic E-state index is -0.150. The van der Waals surface area contributed by atoms with Crippen molar-refractivity contribution in [1.29, 1.82) is 0 Å². The molecule has 2 atom stereocenters. The van der Waals surface area contributed by atoms with E-state index in [4.69, 9.17) is 10.5 Å². The van der Waals surface area contributed by atoms with Crippen molar-refractivity contribution in [2.75, 3.05) is 13.2 Å². The van der Waals surface area contributed by atoms with E-state index in [-0.39, 0.29) is 24.0 Å². The smallest absolute Gasteiger partial charge is 0.226 e. The summed E-state index contributed by atoms with van der Waals surface area (Å²) >= 11 is 0. The average molecular weight is 429 g/mol. The molecule has 4 fully saturated rings. The van der Waals surface area contributed by atoms with Crippen molar-refractivity contribution in [3.05, 3.63) is 41.7 Å². The molecule has 5 rings (SSSR count). The number of nitrogens with two attached hydrogens (primary N) is 1. The van der Waals surface area contributed by atoms with E-state index in [0.717, 1.165) is 63.0 Å². The zero-order chi connectivity index (χ0) is 21.9. The second-order valence-corrected chi connectivity index (χ2v) is 10.3. The van der Waals surface area contributed by atoms with Crippen LogP contribution in [0.5, 0.6) is 5.75 Å². The van der Waals surface area contributed by atoms with Crippen LogP contribution in [0, 0.1) is 11.3 Å². The van der Waals surface area contributed by atoms with Crippen molar-refractivity contribution >= 4 is 5.91 Å². The number of carbonyl (C=O) groups is 1. The van der Waals surface area contributed by atoms with E-state index in [9.17, 15) is 9.18 Å². The summed E-state index contributed by atoms with van der Waals surface area (Å²) in [5.74, 6) is 1.78. The van der Waals surface area contributed by atoms with Crippen molar-refractivity contribution in [2.24, 2.45) is 17.1 Å². The number of nitrogens with one attached hydrogen (secondary N) is 1.